The van der Waals surface area contributed by atoms with Gasteiger partial charge in [-0.15, -0.1) is 0 Å². The fourth-order valence-electron chi connectivity index (χ4n) is 3.19. The van der Waals surface area contributed by atoms with Crippen LogP contribution in [0.1, 0.15) is 22.3 Å². The first-order valence-corrected chi connectivity index (χ1v) is 8.33. The molecule has 130 valence electrons. The van der Waals surface area contributed by atoms with Crippen molar-refractivity contribution in [2.24, 2.45) is 0 Å². The Morgan fingerprint density at radius 3 is 2.68 bits per heavy atom. The molecule has 0 aromatic heterocycles. The highest BCUT2D eigenvalue weighted by Crippen LogP contribution is 2.24. The monoisotopic (exact) mass is 338 g/mol. The van der Waals surface area contributed by atoms with Gasteiger partial charge in [-0.1, -0.05) is 30.3 Å². The second-order valence-corrected chi connectivity index (χ2v) is 6.18. The van der Waals surface area contributed by atoms with E-state index in [2.05, 4.69) is 0 Å². The lowest BCUT2D eigenvalue weighted by Gasteiger charge is -2.24. The molecule has 0 radical (unpaired) electrons. The van der Waals surface area contributed by atoms with E-state index in [0.717, 1.165) is 11.3 Å². The minimum absolute atomic E-state index is 0.0323. The summed E-state index contributed by atoms with van der Waals surface area (Å²) in [6, 6.07) is 16.5. The molecule has 0 bridgehead atoms. The summed E-state index contributed by atoms with van der Waals surface area (Å²) >= 11 is 0. The third-order valence-corrected chi connectivity index (χ3v) is 4.52. The molecule has 2 aromatic carbocycles. The molecule has 1 atom stereocenters. The van der Waals surface area contributed by atoms with Crippen LogP contribution in [0.5, 0.6) is 0 Å². The molecular weight excluding hydrogens is 316 g/mol. The quantitative estimate of drug-likeness (QED) is 0.842. The number of methoxy groups -OCH3 is 1. The summed E-state index contributed by atoms with van der Waals surface area (Å²) in [4.78, 5) is 28.9. The zero-order valence-corrected chi connectivity index (χ0v) is 14.5. The van der Waals surface area contributed by atoms with Crippen LogP contribution in [0.2, 0.25) is 0 Å². The van der Waals surface area contributed by atoms with E-state index in [-0.39, 0.29) is 11.8 Å². The van der Waals surface area contributed by atoms with Crippen molar-refractivity contribution in [2.75, 3.05) is 25.6 Å². The zero-order valence-electron chi connectivity index (χ0n) is 14.5. The molecular formula is C20H22N2O3. The lowest BCUT2D eigenvalue weighted by molar-refractivity contribution is -0.120. The molecule has 1 fully saturated rings. The highest BCUT2D eigenvalue weighted by Gasteiger charge is 2.37. The van der Waals surface area contributed by atoms with Gasteiger partial charge in [-0.2, -0.15) is 0 Å². The van der Waals surface area contributed by atoms with Crippen LogP contribution in [-0.4, -0.2) is 43.5 Å². The van der Waals surface area contributed by atoms with Crippen LogP contribution in [0.3, 0.4) is 0 Å². The fourth-order valence-corrected chi connectivity index (χ4v) is 3.19. The third kappa shape index (κ3) is 3.56. The largest absolute Gasteiger partial charge is 0.380 e. The van der Waals surface area contributed by atoms with Crippen LogP contribution in [0, 0.1) is 0 Å². The molecule has 5 heteroatoms. The van der Waals surface area contributed by atoms with Crippen molar-refractivity contribution < 1.29 is 14.3 Å². The smallest absolute Gasteiger partial charge is 0.254 e. The fraction of sp³-hybridized carbons (Fsp3) is 0.300. The van der Waals surface area contributed by atoms with Gasteiger partial charge in [0.15, 0.2) is 0 Å². The maximum Gasteiger partial charge on any atom is 0.254 e. The number of hydrogen-bond acceptors (Lipinski definition) is 3. The SMILES string of the molecule is COCc1cccc(C(=O)N(C)C2CCN(c3ccccc3)C2=O)c1. The van der Waals surface area contributed by atoms with Crippen molar-refractivity contribution in [1.29, 1.82) is 0 Å². The van der Waals surface area contributed by atoms with Crippen molar-refractivity contribution in [2.45, 2.75) is 19.1 Å². The van der Waals surface area contributed by atoms with Crippen molar-refractivity contribution in [1.82, 2.24) is 4.90 Å². The van der Waals surface area contributed by atoms with Crippen LogP contribution in [0.25, 0.3) is 0 Å². The van der Waals surface area contributed by atoms with E-state index in [0.29, 0.717) is 25.1 Å². The van der Waals surface area contributed by atoms with Crippen LogP contribution < -0.4 is 4.90 Å². The normalized spacial score (nSPS) is 17.0. The first kappa shape index (κ1) is 17.2. The van der Waals surface area contributed by atoms with E-state index < -0.39 is 6.04 Å². The highest BCUT2D eigenvalue weighted by molar-refractivity contribution is 6.03. The molecule has 2 aromatic rings. The second-order valence-electron chi connectivity index (χ2n) is 6.18. The van der Waals surface area contributed by atoms with Crippen molar-refractivity contribution in [3.8, 4) is 0 Å². The van der Waals surface area contributed by atoms with E-state index in [1.165, 1.54) is 0 Å². The summed E-state index contributed by atoms with van der Waals surface area (Å²) in [6.07, 6.45) is 0.633. The number of hydrogen-bond donors (Lipinski definition) is 0. The first-order chi connectivity index (χ1) is 12.1. The van der Waals surface area contributed by atoms with E-state index in [1.807, 2.05) is 48.5 Å². The van der Waals surface area contributed by atoms with Gasteiger partial charge in [-0.25, -0.2) is 0 Å². The summed E-state index contributed by atoms with van der Waals surface area (Å²) in [7, 11) is 3.32. The number of likely N-dealkylation sites (N-methyl/N-ethyl adjacent to an activating group) is 1. The van der Waals surface area contributed by atoms with Gasteiger partial charge < -0.3 is 14.5 Å². The topological polar surface area (TPSA) is 49.9 Å². The molecule has 1 aliphatic rings. The molecule has 0 spiro atoms. The lowest BCUT2D eigenvalue weighted by Crippen LogP contribution is -2.43. The number of rotatable bonds is 5. The molecule has 1 heterocycles. The van der Waals surface area contributed by atoms with Crippen LogP contribution in [0.4, 0.5) is 5.69 Å². The second kappa shape index (κ2) is 7.49. The summed E-state index contributed by atoms with van der Waals surface area (Å²) in [6.45, 7) is 1.07. The van der Waals surface area contributed by atoms with Crippen molar-refractivity contribution in [3.05, 3.63) is 65.7 Å². The van der Waals surface area contributed by atoms with Crippen molar-refractivity contribution >= 4 is 17.5 Å². The first-order valence-electron chi connectivity index (χ1n) is 8.33. The maximum atomic E-state index is 12.8. The third-order valence-electron chi connectivity index (χ3n) is 4.52. The van der Waals surface area contributed by atoms with Gasteiger partial charge in [0.1, 0.15) is 6.04 Å². The van der Waals surface area contributed by atoms with Gasteiger partial charge >= 0.3 is 0 Å². The Morgan fingerprint density at radius 1 is 1.20 bits per heavy atom. The van der Waals surface area contributed by atoms with E-state index in [9.17, 15) is 9.59 Å². The average Bonchev–Trinajstić information content (AvgIpc) is 3.03. The number of nitrogens with zero attached hydrogens (tertiary/aromatic N) is 2. The van der Waals surface area contributed by atoms with Gasteiger partial charge in [-0.3, -0.25) is 9.59 Å². The highest BCUT2D eigenvalue weighted by atomic mass is 16.5. The predicted molar refractivity (Wildman–Crippen MR) is 96.4 cm³/mol. The van der Waals surface area contributed by atoms with Gasteiger partial charge in [0.05, 0.1) is 6.61 Å². The number of anilines is 1. The number of benzene rings is 2. The zero-order chi connectivity index (χ0) is 17.8. The van der Waals surface area contributed by atoms with Crippen molar-refractivity contribution in [3.63, 3.8) is 0 Å². The maximum absolute atomic E-state index is 12.8. The number of amides is 2. The van der Waals surface area contributed by atoms with E-state index >= 15 is 0 Å². The molecule has 0 aliphatic carbocycles. The van der Waals surface area contributed by atoms with Crippen LogP contribution in [-0.2, 0) is 16.1 Å². The van der Waals surface area contributed by atoms with Gasteiger partial charge in [0, 0.05) is 32.0 Å². The molecule has 3 rings (SSSR count). The van der Waals surface area contributed by atoms with E-state index in [4.69, 9.17) is 4.74 Å². The number of carbonyl (C=O) groups excluding carboxylic acids is 2. The molecule has 5 nitrogen and oxygen atoms in total. The van der Waals surface area contributed by atoms with Crippen LogP contribution >= 0.6 is 0 Å². The minimum Gasteiger partial charge on any atom is -0.380 e. The molecule has 1 saturated heterocycles. The van der Waals surface area contributed by atoms with Gasteiger partial charge in [0.25, 0.3) is 5.91 Å². The molecule has 2 amide bonds. The molecule has 25 heavy (non-hydrogen) atoms. The predicted octanol–water partition coefficient (Wildman–Crippen LogP) is 2.71. The van der Waals surface area contributed by atoms with E-state index in [1.54, 1.807) is 30.0 Å². The summed E-state index contributed by atoms with van der Waals surface area (Å²) in [5, 5.41) is 0. The Bertz CT molecular complexity index is 761. The summed E-state index contributed by atoms with van der Waals surface area (Å²) < 4.78 is 5.12. The Morgan fingerprint density at radius 2 is 1.96 bits per heavy atom. The Kier molecular flexibility index (Phi) is 5.14. The number of para-hydroxylation sites is 1. The van der Waals surface area contributed by atoms with Gasteiger partial charge in [0.2, 0.25) is 5.91 Å². The Hall–Kier alpha value is -2.66. The Labute approximate surface area is 147 Å². The summed E-state index contributed by atoms with van der Waals surface area (Å²) in [5.74, 6) is -0.179. The molecule has 0 N–H and O–H groups in total. The lowest BCUT2D eigenvalue weighted by atomic mass is 10.1. The number of ether oxygens (including phenoxy) is 1. The Balaban J connectivity index is 1.75. The molecule has 1 aliphatic heterocycles. The number of carbonyl (C=O) groups is 2. The van der Waals surface area contributed by atoms with Crippen LogP contribution in [0.15, 0.2) is 54.6 Å². The molecule has 1 unspecified atom stereocenters. The minimum atomic E-state index is -0.432. The summed E-state index contributed by atoms with van der Waals surface area (Å²) in [5.41, 5.74) is 2.38. The average molecular weight is 338 g/mol. The standard InChI is InChI=1S/C20H22N2O3/c1-21(19(23)16-8-6-7-15(13-16)14-25-2)18-11-12-22(20(18)24)17-9-4-3-5-10-17/h3-10,13,18H,11-12,14H2,1-2H3. The molecule has 0 saturated carbocycles. The van der Waals surface area contributed by atoms with Gasteiger partial charge in [-0.05, 0) is 36.2 Å².